The van der Waals surface area contributed by atoms with Gasteiger partial charge in [0.2, 0.25) is 0 Å². The minimum Gasteiger partial charge on any atom is -0.507 e. The number of aryl methyl sites for hydroxylation is 1. The lowest BCUT2D eigenvalue weighted by molar-refractivity contribution is -0.139. The van der Waals surface area contributed by atoms with E-state index >= 15 is 0 Å². The number of amides is 1. The Labute approximate surface area is 159 Å². The summed E-state index contributed by atoms with van der Waals surface area (Å²) in [5.41, 5.74) is 2.64. The number of pyridine rings is 1. The van der Waals surface area contributed by atoms with Crippen LogP contribution in [0.25, 0.3) is 5.76 Å². The monoisotopic (exact) mass is 364 g/mol. The van der Waals surface area contributed by atoms with Gasteiger partial charge in [-0.25, -0.2) is 0 Å². The van der Waals surface area contributed by atoms with Gasteiger partial charge in [0.15, 0.2) is 0 Å². The fourth-order valence-corrected chi connectivity index (χ4v) is 3.39. The van der Waals surface area contributed by atoms with Crippen LogP contribution in [0.5, 0.6) is 0 Å². The SMILES string of the molecule is CCCCN1C(=O)C(=O)/C(=C(\O)c2ccncc2)C1c1ccc(CC)cc1. The molecule has 0 spiro atoms. The number of carbonyl (C=O) groups is 2. The average molecular weight is 364 g/mol. The third kappa shape index (κ3) is 3.63. The molecule has 1 aliphatic heterocycles. The fraction of sp³-hybridized carbons (Fsp3) is 0.318. The zero-order valence-corrected chi connectivity index (χ0v) is 15.7. The van der Waals surface area contributed by atoms with Gasteiger partial charge in [-0.1, -0.05) is 44.5 Å². The first-order valence-electron chi connectivity index (χ1n) is 9.36. The van der Waals surface area contributed by atoms with E-state index in [-0.39, 0.29) is 11.3 Å². The van der Waals surface area contributed by atoms with E-state index in [2.05, 4.69) is 11.9 Å². The molecule has 1 aliphatic rings. The molecule has 1 fully saturated rings. The van der Waals surface area contributed by atoms with Gasteiger partial charge in [0.1, 0.15) is 5.76 Å². The Bertz CT molecular complexity index is 857. The predicted octanol–water partition coefficient (Wildman–Crippen LogP) is 3.87. The van der Waals surface area contributed by atoms with Gasteiger partial charge in [-0.15, -0.1) is 0 Å². The summed E-state index contributed by atoms with van der Waals surface area (Å²) in [4.78, 5) is 31.0. The number of aliphatic hydroxyl groups is 1. The average Bonchev–Trinajstić information content (AvgIpc) is 2.97. The summed E-state index contributed by atoms with van der Waals surface area (Å²) in [7, 11) is 0. The minimum atomic E-state index is -0.634. The molecule has 1 atom stereocenters. The summed E-state index contributed by atoms with van der Waals surface area (Å²) in [5.74, 6) is -1.34. The number of nitrogens with zero attached hydrogens (tertiary/aromatic N) is 2. The molecule has 1 saturated heterocycles. The van der Waals surface area contributed by atoms with Crippen LogP contribution < -0.4 is 0 Å². The van der Waals surface area contributed by atoms with Crippen LogP contribution in [-0.4, -0.2) is 33.2 Å². The highest BCUT2D eigenvalue weighted by molar-refractivity contribution is 6.46. The van der Waals surface area contributed by atoms with E-state index in [9.17, 15) is 14.7 Å². The van der Waals surface area contributed by atoms with Crippen LogP contribution in [0.3, 0.4) is 0 Å². The van der Waals surface area contributed by atoms with Crippen LogP contribution in [0.1, 0.15) is 49.4 Å². The number of hydrogen-bond acceptors (Lipinski definition) is 4. The normalized spacial score (nSPS) is 18.9. The number of rotatable bonds is 6. The molecule has 2 aromatic rings. The Morgan fingerprint density at radius 1 is 1.07 bits per heavy atom. The van der Waals surface area contributed by atoms with Crippen molar-refractivity contribution >= 4 is 17.4 Å². The lowest BCUT2D eigenvalue weighted by Crippen LogP contribution is -2.30. The highest BCUT2D eigenvalue weighted by atomic mass is 16.3. The van der Waals surface area contributed by atoms with Gasteiger partial charge in [-0.05, 0) is 36.1 Å². The quantitative estimate of drug-likeness (QED) is 0.480. The summed E-state index contributed by atoms with van der Waals surface area (Å²) in [5, 5.41) is 10.8. The summed E-state index contributed by atoms with van der Waals surface area (Å²) in [6, 6.07) is 10.6. The summed E-state index contributed by atoms with van der Waals surface area (Å²) >= 11 is 0. The smallest absolute Gasteiger partial charge is 0.295 e. The Kier molecular flexibility index (Phi) is 5.69. The van der Waals surface area contributed by atoms with Gasteiger partial charge < -0.3 is 10.0 Å². The molecule has 1 aromatic carbocycles. The van der Waals surface area contributed by atoms with Crippen molar-refractivity contribution in [2.75, 3.05) is 6.54 Å². The largest absolute Gasteiger partial charge is 0.507 e. The van der Waals surface area contributed by atoms with E-state index < -0.39 is 17.7 Å². The van der Waals surface area contributed by atoms with Gasteiger partial charge in [-0.2, -0.15) is 0 Å². The van der Waals surface area contributed by atoms with E-state index in [4.69, 9.17) is 0 Å². The number of hydrogen-bond donors (Lipinski definition) is 1. The molecule has 1 N–H and O–H groups in total. The first-order valence-corrected chi connectivity index (χ1v) is 9.36. The molecule has 0 radical (unpaired) electrons. The molecule has 5 nitrogen and oxygen atoms in total. The number of ketones is 1. The molecule has 3 rings (SSSR count). The second-order valence-electron chi connectivity index (χ2n) is 6.68. The molecular weight excluding hydrogens is 340 g/mol. The zero-order chi connectivity index (χ0) is 19.4. The molecule has 2 heterocycles. The molecule has 1 aromatic heterocycles. The number of benzene rings is 1. The van der Waals surface area contributed by atoms with Crippen molar-refractivity contribution in [3.05, 3.63) is 71.1 Å². The number of aliphatic hydroxyl groups excluding tert-OH is 1. The van der Waals surface area contributed by atoms with Gasteiger partial charge in [0.05, 0.1) is 11.6 Å². The molecule has 1 unspecified atom stereocenters. The maximum atomic E-state index is 12.8. The van der Waals surface area contributed by atoms with E-state index in [1.54, 1.807) is 29.4 Å². The van der Waals surface area contributed by atoms with Crippen molar-refractivity contribution in [2.45, 2.75) is 39.2 Å². The third-order valence-corrected chi connectivity index (χ3v) is 4.95. The Hall–Kier alpha value is -2.95. The van der Waals surface area contributed by atoms with Crippen molar-refractivity contribution in [3.8, 4) is 0 Å². The number of unbranched alkanes of at least 4 members (excludes halogenated alkanes) is 1. The third-order valence-electron chi connectivity index (χ3n) is 4.95. The summed E-state index contributed by atoms with van der Waals surface area (Å²) in [6.07, 6.45) is 5.72. The molecule has 0 aliphatic carbocycles. The molecule has 27 heavy (non-hydrogen) atoms. The van der Waals surface area contributed by atoms with Gasteiger partial charge >= 0.3 is 0 Å². The molecule has 1 amide bonds. The standard InChI is InChI=1S/C22H24N2O3/c1-3-5-14-24-19(16-8-6-15(4-2)7-9-16)18(21(26)22(24)27)20(25)17-10-12-23-13-11-17/h6-13,19,25H,3-5,14H2,1-2H3/b20-18-. The number of Topliss-reactive ketones (excluding diaryl/α,β-unsaturated/α-hetero) is 1. The van der Waals surface area contributed by atoms with Crippen LogP contribution in [0.2, 0.25) is 0 Å². The molecular formula is C22H24N2O3. The maximum Gasteiger partial charge on any atom is 0.295 e. The minimum absolute atomic E-state index is 0.145. The first kappa shape index (κ1) is 18.8. The molecule has 0 saturated carbocycles. The predicted molar refractivity (Wildman–Crippen MR) is 104 cm³/mol. The van der Waals surface area contributed by atoms with Gasteiger partial charge in [-0.3, -0.25) is 14.6 Å². The van der Waals surface area contributed by atoms with Crippen LogP contribution in [0.15, 0.2) is 54.4 Å². The van der Waals surface area contributed by atoms with Crippen molar-refractivity contribution in [2.24, 2.45) is 0 Å². The molecule has 5 heteroatoms. The van der Waals surface area contributed by atoms with E-state index in [1.165, 1.54) is 5.56 Å². The van der Waals surface area contributed by atoms with E-state index in [0.29, 0.717) is 12.1 Å². The lowest BCUT2D eigenvalue weighted by atomic mass is 9.94. The van der Waals surface area contributed by atoms with Crippen molar-refractivity contribution in [1.29, 1.82) is 0 Å². The molecule has 140 valence electrons. The number of carbonyl (C=O) groups excluding carboxylic acids is 2. The lowest BCUT2D eigenvalue weighted by Gasteiger charge is -2.25. The van der Waals surface area contributed by atoms with Crippen molar-refractivity contribution in [3.63, 3.8) is 0 Å². The highest BCUT2D eigenvalue weighted by Crippen LogP contribution is 2.39. The highest BCUT2D eigenvalue weighted by Gasteiger charge is 2.45. The zero-order valence-electron chi connectivity index (χ0n) is 15.7. The van der Waals surface area contributed by atoms with Gasteiger partial charge in [0.25, 0.3) is 11.7 Å². The molecule has 0 bridgehead atoms. The topological polar surface area (TPSA) is 70.5 Å². The van der Waals surface area contributed by atoms with E-state index in [0.717, 1.165) is 24.8 Å². The van der Waals surface area contributed by atoms with Gasteiger partial charge in [0, 0.05) is 24.5 Å². The van der Waals surface area contributed by atoms with Crippen LogP contribution in [0, 0.1) is 0 Å². The Balaban J connectivity index is 2.13. The van der Waals surface area contributed by atoms with E-state index in [1.807, 2.05) is 31.2 Å². The second-order valence-corrected chi connectivity index (χ2v) is 6.68. The van der Waals surface area contributed by atoms with Crippen LogP contribution in [0.4, 0.5) is 0 Å². The van der Waals surface area contributed by atoms with Crippen molar-refractivity contribution in [1.82, 2.24) is 9.88 Å². The Morgan fingerprint density at radius 2 is 1.74 bits per heavy atom. The number of likely N-dealkylation sites (tertiary alicyclic amines) is 1. The fourth-order valence-electron chi connectivity index (χ4n) is 3.39. The van der Waals surface area contributed by atoms with Crippen LogP contribution in [-0.2, 0) is 16.0 Å². The second kappa shape index (κ2) is 8.16. The number of aromatic nitrogens is 1. The summed E-state index contributed by atoms with van der Waals surface area (Å²) < 4.78 is 0. The first-order chi connectivity index (χ1) is 13.1. The van der Waals surface area contributed by atoms with Crippen molar-refractivity contribution < 1.29 is 14.7 Å². The Morgan fingerprint density at radius 3 is 2.33 bits per heavy atom. The van der Waals surface area contributed by atoms with Crippen LogP contribution >= 0.6 is 0 Å². The maximum absolute atomic E-state index is 12.8. The summed E-state index contributed by atoms with van der Waals surface area (Å²) in [6.45, 7) is 4.60.